The van der Waals surface area contributed by atoms with Crippen molar-refractivity contribution in [2.45, 2.75) is 117 Å². The second-order valence-corrected chi connectivity index (χ2v) is 11.3. The van der Waals surface area contributed by atoms with Crippen LogP contribution in [0.5, 0.6) is 11.5 Å². The number of hydrogen-bond acceptors (Lipinski definition) is 4. The predicted molar refractivity (Wildman–Crippen MR) is 141 cm³/mol. The van der Waals surface area contributed by atoms with Gasteiger partial charge in [-0.25, -0.2) is 0 Å². The van der Waals surface area contributed by atoms with Crippen molar-refractivity contribution in [2.75, 3.05) is 0 Å². The summed E-state index contributed by atoms with van der Waals surface area (Å²) in [5, 5.41) is 0. The Hall–Kier alpha value is -1.84. The number of ether oxygens (including phenoxy) is 2. The smallest absolute Gasteiger partial charge is 0.314 e. The molecule has 3 rings (SSSR count). The number of rotatable bonds is 12. The summed E-state index contributed by atoms with van der Waals surface area (Å²) in [4.78, 5) is 24.7. The van der Waals surface area contributed by atoms with Crippen LogP contribution in [-0.4, -0.2) is 11.9 Å². The Morgan fingerprint density at radius 2 is 1.37 bits per heavy atom. The normalized spacial score (nSPS) is 25.6. The van der Waals surface area contributed by atoms with E-state index in [2.05, 4.69) is 20.8 Å². The molecule has 4 heteroatoms. The zero-order chi connectivity index (χ0) is 25.0. The molecular formula is C31H48O4. The van der Waals surface area contributed by atoms with E-state index in [1.165, 1.54) is 38.5 Å². The minimum Gasteiger partial charge on any atom is -0.427 e. The lowest BCUT2D eigenvalue weighted by atomic mass is 9.68. The lowest BCUT2D eigenvalue weighted by Gasteiger charge is -2.37. The number of benzene rings is 1. The number of carbonyl (C=O) groups is 2. The van der Waals surface area contributed by atoms with Crippen LogP contribution >= 0.6 is 0 Å². The Kier molecular flexibility index (Phi) is 11.6. The summed E-state index contributed by atoms with van der Waals surface area (Å²) in [5.41, 5.74) is 0. The van der Waals surface area contributed by atoms with Crippen LogP contribution in [0.2, 0.25) is 0 Å². The van der Waals surface area contributed by atoms with E-state index in [1.807, 2.05) is 0 Å². The van der Waals surface area contributed by atoms with Gasteiger partial charge in [-0.1, -0.05) is 59.3 Å². The molecule has 35 heavy (non-hydrogen) atoms. The van der Waals surface area contributed by atoms with E-state index in [0.717, 1.165) is 75.0 Å². The second-order valence-electron chi connectivity index (χ2n) is 11.3. The van der Waals surface area contributed by atoms with Gasteiger partial charge in [0.15, 0.2) is 0 Å². The molecule has 4 nitrogen and oxygen atoms in total. The van der Waals surface area contributed by atoms with Crippen LogP contribution in [-0.2, 0) is 9.59 Å². The lowest BCUT2D eigenvalue weighted by molar-refractivity contribution is -0.140. The van der Waals surface area contributed by atoms with Crippen molar-refractivity contribution in [3.8, 4) is 11.5 Å². The molecule has 1 aromatic rings. The van der Waals surface area contributed by atoms with Crippen LogP contribution in [0.25, 0.3) is 0 Å². The molecule has 0 aromatic heterocycles. The third-order valence-corrected chi connectivity index (χ3v) is 8.60. The number of esters is 2. The number of carbonyl (C=O) groups excluding carboxylic acids is 2. The molecule has 196 valence electrons. The maximum absolute atomic E-state index is 12.8. The monoisotopic (exact) mass is 484 g/mol. The summed E-state index contributed by atoms with van der Waals surface area (Å²) in [6, 6.07) is 6.87. The lowest BCUT2D eigenvalue weighted by Crippen LogP contribution is -2.30. The Morgan fingerprint density at radius 3 is 1.94 bits per heavy atom. The molecule has 2 fully saturated rings. The molecule has 0 saturated heterocycles. The van der Waals surface area contributed by atoms with Crippen LogP contribution in [0.15, 0.2) is 24.3 Å². The third kappa shape index (κ3) is 9.28. The van der Waals surface area contributed by atoms with E-state index < -0.39 is 0 Å². The highest BCUT2D eigenvalue weighted by molar-refractivity contribution is 5.75. The van der Waals surface area contributed by atoms with E-state index in [-0.39, 0.29) is 17.9 Å². The highest BCUT2D eigenvalue weighted by atomic mass is 16.5. The number of hydrogen-bond donors (Lipinski definition) is 0. The SMILES string of the molecule is CCCCCCC(=O)Oc1ccc(OC(=O)C2CCC(C3CCC(CC(C)CC)CC3)CC2)cc1. The maximum atomic E-state index is 12.8. The van der Waals surface area contributed by atoms with E-state index >= 15 is 0 Å². The van der Waals surface area contributed by atoms with Gasteiger partial charge in [0.05, 0.1) is 5.92 Å². The topological polar surface area (TPSA) is 52.6 Å². The quantitative estimate of drug-likeness (QED) is 0.169. The first kappa shape index (κ1) is 27.7. The first-order valence-corrected chi connectivity index (χ1v) is 14.5. The highest BCUT2D eigenvalue weighted by Crippen LogP contribution is 2.43. The van der Waals surface area contributed by atoms with Gasteiger partial charge in [-0.05, 0) is 99.3 Å². The average Bonchev–Trinajstić information content (AvgIpc) is 2.88. The Bertz CT molecular complexity index is 755. The van der Waals surface area contributed by atoms with Gasteiger partial charge in [-0.15, -0.1) is 0 Å². The molecule has 0 bridgehead atoms. The Labute approximate surface area is 213 Å². The summed E-state index contributed by atoms with van der Waals surface area (Å²) in [6.45, 7) is 6.85. The van der Waals surface area contributed by atoms with E-state index in [0.29, 0.717) is 17.9 Å². The van der Waals surface area contributed by atoms with E-state index in [4.69, 9.17) is 9.47 Å². The average molecular weight is 485 g/mol. The van der Waals surface area contributed by atoms with Gasteiger partial charge in [-0.2, -0.15) is 0 Å². The molecule has 0 radical (unpaired) electrons. The summed E-state index contributed by atoms with van der Waals surface area (Å²) in [5.74, 6) is 4.19. The van der Waals surface area contributed by atoms with Crippen molar-refractivity contribution in [1.29, 1.82) is 0 Å². The first-order valence-electron chi connectivity index (χ1n) is 14.5. The Balaban J connectivity index is 1.35. The fourth-order valence-corrected chi connectivity index (χ4v) is 6.11. The molecule has 2 aliphatic carbocycles. The van der Waals surface area contributed by atoms with Crippen molar-refractivity contribution in [2.24, 2.45) is 29.6 Å². The molecular weight excluding hydrogens is 436 g/mol. The molecule has 2 aliphatic rings. The fraction of sp³-hybridized carbons (Fsp3) is 0.742. The van der Waals surface area contributed by atoms with Gasteiger partial charge in [0.1, 0.15) is 11.5 Å². The molecule has 2 saturated carbocycles. The van der Waals surface area contributed by atoms with Crippen molar-refractivity contribution in [1.82, 2.24) is 0 Å². The van der Waals surface area contributed by atoms with Gasteiger partial charge in [0, 0.05) is 6.42 Å². The van der Waals surface area contributed by atoms with Gasteiger partial charge in [-0.3, -0.25) is 9.59 Å². The molecule has 0 N–H and O–H groups in total. The summed E-state index contributed by atoms with van der Waals surface area (Å²) >= 11 is 0. The largest absolute Gasteiger partial charge is 0.427 e. The highest BCUT2D eigenvalue weighted by Gasteiger charge is 2.33. The van der Waals surface area contributed by atoms with Gasteiger partial charge in [0.2, 0.25) is 0 Å². The van der Waals surface area contributed by atoms with E-state index in [9.17, 15) is 9.59 Å². The summed E-state index contributed by atoms with van der Waals surface area (Å²) in [7, 11) is 0. The first-order chi connectivity index (χ1) is 17.0. The fourth-order valence-electron chi connectivity index (χ4n) is 6.11. The molecule has 0 aliphatic heterocycles. The second kappa shape index (κ2) is 14.7. The minimum absolute atomic E-state index is 0.00798. The molecule has 1 aromatic carbocycles. The maximum Gasteiger partial charge on any atom is 0.314 e. The van der Waals surface area contributed by atoms with Crippen LogP contribution in [0.1, 0.15) is 117 Å². The summed E-state index contributed by atoms with van der Waals surface area (Å²) in [6.07, 6.45) is 17.2. The van der Waals surface area contributed by atoms with E-state index in [1.54, 1.807) is 24.3 Å². The molecule has 0 amide bonds. The van der Waals surface area contributed by atoms with Gasteiger partial charge < -0.3 is 9.47 Å². The molecule has 0 spiro atoms. The van der Waals surface area contributed by atoms with Crippen LogP contribution < -0.4 is 9.47 Å². The van der Waals surface area contributed by atoms with Gasteiger partial charge >= 0.3 is 11.9 Å². The zero-order valence-electron chi connectivity index (χ0n) is 22.4. The minimum atomic E-state index is -0.202. The summed E-state index contributed by atoms with van der Waals surface area (Å²) < 4.78 is 11.1. The standard InChI is InChI=1S/C31H48O4/c1-4-6-7-8-9-30(32)34-28-18-20-29(21-19-28)35-31(33)27-16-14-26(15-17-27)25-12-10-24(11-13-25)22-23(3)5-2/h18-21,23-27H,4-17,22H2,1-3H3. The molecule has 1 atom stereocenters. The van der Waals surface area contributed by atoms with Crippen LogP contribution in [0.4, 0.5) is 0 Å². The zero-order valence-corrected chi connectivity index (χ0v) is 22.4. The van der Waals surface area contributed by atoms with Crippen molar-refractivity contribution < 1.29 is 19.1 Å². The van der Waals surface area contributed by atoms with Gasteiger partial charge in [0.25, 0.3) is 0 Å². The molecule has 1 unspecified atom stereocenters. The van der Waals surface area contributed by atoms with Crippen molar-refractivity contribution in [3.05, 3.63) is 24.3 Å². The van der Waals surface area contributed by atoms with Crippen molar-refractivity contribution in [3.63, 3.8) is 0 Å². The predicted octanol–water partition coefficient (Wildman–Crippen LogP) is 8.52. The van der Waals surface area contributed by atoms with Crippen LogP contribution in [0.3, 0.4) is 0 Å². The Morgan fingerprint density at radius 1 is 0.800 bits per heavy atom. The van der Waals surface area contributed by atoms with Crippen LogP contribution in [0, 0.1) is 29.6 Å². The van der Waals surface area contributed by atoms with Crippen molar-refractivity contribution >= 4 is 11.9 Å². The third-order valence-electron chi connectivity index (χ3n) is 8.60. The molecule has 0 heterocycles. The number of unbranched alkanes of at least 4 members (excludes halogenated alkanes) is 3.